The van der Waals surface area contributed by atoms with E-state index in [1.165, 1.54) is 12.8 Å². The van der Waals surface area contributed by atoms with Gasteiger partial charge in [0.05, 0.1) is 5.69 Å². The number of para-hydroxylation sites is 1. The Morgan fingerprint density at radius 3 is 2.76 bits per heavy atom. The van der Waals surface area contributed by atoms with Crippen molar-refractivity contribution in [2.24, 2.45) is 5.92 Å². The lowest BCUT2D eigenvalue weighted by Crippen LogP contribution is -2.57. The summed E-state index contributed by atoms with van der Waals surface area (Å²) in [5.41, 5.74) is 0.974. The molecule has 1 aromatic carbocycles. The Hall–Kier alpha value is -0.810. The van der Waals surface area contributed by atoms with Gasteiger partial charge in [-0.05, 0) is 37.3 Å². The van der Waals surface area contributed by atoms with Crippen LogP contribution < -0.4 is 10.2 Å². The van der Waals surface area contributed by atoms with Crippen molar-refractivity contribution in [2.45, 2.75) is 48.9 Å². The molecular weight excluding hydrogens is 290 g/mol. The minimum absolute atomic E-state index is 0.388. The zero-order chi connectivity index (χ0) is 14.8. The highest BCUT2D eigenvalue weighted by Gasteiger charge is 2.37. The summed E-state index contributed by atoms with van der Waals surface area (Å²) < 4.78 is 25.6. The van der Waals surface area contributed by atoms with Gasteiger partial charge in [-0.2, -0.15) is 8.78 Å². The molecule has 5 heteroatoms. The average molecular weight is 312 g/mol. The standard InChI is InChI=1S/C16H22F2N2S/c1-2-12-9-19-13(11-7-8-11)10-20(12)14-5-3-4-6-15(14)21-16(17)18/h3-6,11-13,16,19H,2,7-10H2,1H3. The zero-order valence-electron chi connectivity index (χ0n) is 12.3. The second-order valence-corrected chi connectivity index (χ2v) is 6.94. The fourth-order valence-corrected chi connectivity index (χ4v) is 3.84. The van der Waals surface area contributed by atoms with Crippen molar-refractivity contribution < 1.29 is 8.78 Å². The topological polar surface area (TPSA) is 15.3 Å². The van der Waals surface area contributed by atoms with Crippen LogP contribution in [0.4, 0.5) is 14.5 Å². The van der Waals surface area contributed by atoms with Crippen LogP contribution >= 0.6 is 11.8 Å². The fourth-order valence-electron chi connectivity index (χ4n) is 3.19. The molecule has 1 aromatic rings. The molecule has 21 heavy (non-hydrogen) atoms. The number of anilines is 1. The van der Waals surface area contributed by atoms with Gasteiger partial charge in [-0.1, -0.05) is 30.8 Å². The van der Waals surface area contributed by atoms with Crippen LogP contribution in [0.3, 0.4) is 0 Å². The van der Waals surface area contributed by atoms with Gasteiger partial charge >= 0.3 is 0 Å². The van der Waals surface area contributed by atoms with Crippen molar-refractivity contribution in [1.82, 2.24) is 5.32 Å². The number of thioether (sulfide) groups is 1. The van der Waals surface area contributed by atoms with E-state index in [2.05, 4.69) is 17.1 Å². The predicted octanol–water partition coefficient (Wildman–Crippen LogP) is 3.97. The molecule has 2 fully saturated rings. The highest BCUT2D eigenvalue weighted by atomic mass is 32.2. The molecule has 0 spiro atoms. The predicted molar refractivity (Wildman–Crippen MR) is 84.2 cm³/mol. The Kier molecular flexibility index (Phi) is 4.69. The molecule has 2 unspecified atom stereocenters. The smallest absolute Gasteiger partial charge is 0.288 e. The first-order valence-electron chi connectivity index (χ1n) is 7.73. The molecule has 1 aliphatic carbocycles. The Labute approximate surface area is 129 Å². The van der Waals surface area contributed by atoms with Crippen LogP contribution in [0, 0.1) is 5.92 Å². The van der Waals surface area contributed by atoms with Crippen LogP contribution in [-0.2, 0) is 0 Å². The van der Waals surface area contributed by atoms with Crippen LogP contribution in [-0.4, -0.2) is 30.9 Å². The first-order chi connectivity index (χ1) is 10.2. The molecule has 2 atom stereocenters. The highest BCUT2D eigenvalue weighted by Crippen LogP contribution is 2.39. The van der Waals surface area contributed by atoms with Gasteiger partial charge in [-0.25, -0.2) is 0 Å². The van der Waals surface area contributed by atoms with Gasteiger partial charge in [-0.3, -0.25) is 0 Å². The number of hydrogen-bond donors (Lipinski definition) is 1. The van der Waals surface area contributed by atoms with Gasteiger partial charge < -0.3 is 10.2 Å². The second-order valence-electron chi connectivity index (χ2n) is 5.91. The SMILES string of the molecule is CCC1CNC(C2CC2)CN1c1ccccc1SC(F)F. The van der Waals surface area contributed by atoms with E-state index in [0.29, 0.717) is 28.7 Å². The maximum Gasteiger partial charge on any atom is 0.288 e. The van der Waals surface area contributed by atoms with Gasteiger partial charge in [0.2, 0.25) is 0 Å². The van der Waals surface area contributed by atoms with Gasteiger partial charge in [0.25, 0.3) is 5.76 Å². The van der Waals surface area contributed by atoms with Crippen LogP contribution in [0.2, 0.25) is 0 Å². The van der Waals surface area contributed by atoms with Crippen molar-refractivity contribution in [3.8, 4) is 0 Å². The van der Waals surface area contributed by atoms with E-state index in [1.807, 2.05) is 24.3 Å². The lowest BCUT2D eigenvalue weighted by atomic mass is 10.0. The monoisotopic (exact) mass is 312 g/mol. The number of alkyl halides is 2. The molecule has 0 aromatic heterocycles. The summed E-state index contributed by atoms with van der Waals surface area (Å²) in [4.78, 5) is 3.05. The molecule has 0 radical (unpaired) electrons. The van der Waals surface area contributed by atoms with Crippen molar-refractivity contribution in [1.29, 1.82) is 0 Å². The number of benzene rings is 1. The maximum absolute atomic E-state index is 12.8. The molecule has 2 aliphatic rings. The van der Waals surface area contributed by atoms with Crippen LogP contribution in [0.15, 0.2) is 29.2 Å². The molecule has 0 bridgehead atoms. The number of nitrogens with zero attached hydrogens (tertiary/aromatic N) is 1. The third-order valence-electron chi connectivity index (χ3n) is 4.50. The maximum atomic E-state index is 12.8. The molecule has 3 rings (SSSR count). The largest absolute Gasteiger partial charge is 0.365 e. The lowest BCUT2D eigenvalue weighted by molar-refractivity contribution is 0.252. The zero-order valence-corrected chi connectivity index (χ0v) is 13.1. The number of rotatable bonds is 5. The number of nitrogens with one attached hydrogen (secondary N) is 1. The summed E-state index contributed by atoms with van der Waals surface area (Å²) in [6.07, 6.45) is 3.63. The molecule has 2 nitrogen and oxygen atoms in total. The van der Waals surface area contributed by atoms with E-state index >= 15 is 0 Å². The first kappa shape index (κ1) is 15.1. The van der Waals surface area contributed by atoms with Crippen molar-refractivity contribution in [2.75, 3.05) is 18.0 Å². The Morgan fingerprint density at radius 1 is 1.33 bits per heavy atom. The molecule has 0 amide bonds. The normalized spacial score (nSPS) is 26.4. The number of piperazine rings is 1. The molecule has 1 saturated heterocycles. The summed E-state index contributed by atoms with van der Waals surface area (Å²) in [5.74, 6) is -1.59. The van der Waals surface area contributed by atoms with Crippen LogP contribution in [0.25, 0.3) is 0 Å². The van der Waals surface area contributed by atoms with Crippen molar-refractivity contribution in [3.05, 3.63) is 24.3 Å². The average Bonchev–Trinajstić information content (AvgIpc) is 3.31. The summed E-state index contributed by atoms with van der Waals surface area (Å²) in [7, 11) is 0. The minimum Gasteiger partial charge on any atom is -0.365 e. The summed E-state index contributed by atoms with van der Waals surface area (Å²) in [5, 5.41) is 3.65. The Morgan fingerprint density at radius 2 is 2.10 bits per heavy atom. The number of halogens is 2. The third-order valence-corrected chi connectivity index (χ3v) is 5.28. The molecule has 1 aliphatic heterocycles. The highest BCUT2D eigenvalue weighted by molar-refractivity contribution is 7.99. The quantitative estimate of drug-likeness (QED) is 0.828. The van der Waals surface area contributed by atoms with Crippen molar-refractivity contribution >= 4 is 17.4 Å². The summed E-state index contributed by atoms with van der Waals surface area (Å²) in [6, 6.07) is 8.49. The van der Waals surface area contributed by atoms with E-state index in [-0.39, 0.29) is 0 Å². The molecule has 1 heterocycles. The lowest BCUT2D eigenvalue weighted by Gasteiger charge is -2.42. The van der Waals surface area contributed by atoms with E-state index < -0.39 is 5.76 Å². The minimum atomic E-state index is -2.37. The van der Waals surface area contributed by atoms with E-state index in [4.69, 9.17) is 0 Å². The van der Waals surface area contributed by atoms with Crippen molar-refractivity contribution in [3.63, 3.8) is 0 Å². The third kappa shape index (κ3) is 3.51. The van der Waals surface area contributed by atoms with Gasteiger partial charge in [0, 0.05) is 30.1 Å². The van der Waals surface area contributed by atoms with Gasteiger partial charge in [-0.15, -0.1) is 0 Å². The molecular formula is C16H22F2N2S. The van der Waals surface area contributed by atoms with E-state index in [0.717, 1.165) is 31.1 Å². The molecule has 1 saturated carbocycles. The Bertz CT molecular complexity index is 479. The number of hydrogen-bond acceptors (Lipinski definition) is 3. The summed E-state index contributed by atoms with van der Waals surface area (Å²) >= 11 is 0.661. The van der Waals surface area contributed by atoms with Gasteiger partial charge in [0.1, 0.15) is 0 Å². The van der Waals surface area contributed by atoms with E-state index in [1.54, 1.807) is 0 Å². The second kappa shape index (κ2) is 6.53. The fraction of sp³-hybridized carbons (Fsp3) is 0.625. The molecule has 1 N–H and O–H groups in total. The van der Waals surface area contributed by atoms with Gasteiger partial charge in [0.15, 0.2) is 0 Å². The van der Waals surface area contributed by atoms with Crippen LogP contribution in [0.5, 0.6) is 0 Å². The van der Waals surface area contributed by atoms with Crippen LogP contribution in [0.1, 0.15) is 26.2 Å². The molecule has 116 valence electrons. The Balaban J connectivity index is 1.84. The first-order valence-corrected chi connectivity index (χ1v) is 8.61. The summed E-state index contributed by atoms with van der Waals surface area (Å²) in [6.45, 7) is 4.05. The van der Waals surface area contributed by atoms with E-state index in [9.17, 15) is 8.78 Å².